The number of carbonyl (C=O) groups excluding carboxylic acids is 2. The van der Waals surface area contributed by atoms with Gasteiger partial charge in [-0.1, -0.05) is 18.2 Å². The summed E-state index contributed by atoms with van der Waals surface area (Å²) in [6, 6.07) is 11.6. The number of nitrogens with two attached hydrogens (primary N) is 1. The van der Waals surface area contributed by atoms with E-state index >= 15 is 0 Å². The van der Waals surface area contributed by atoms with Gasteiger partial charge < -0.3 is 15.3 Å². The predicted octanol–water partition coefficient (Wildman–Crippen LogP) is 1.98. The van der Waals surface area contributed by atoms with Crippen LogP contribution in [0.5, 0.6) is 0 Å². The Morgan fingerprint density at radius 3 is 2.48 bits per heavy atom. The van der Waals surface area contributed by atoms with Gasteiger partial charge in [-0.25, -0.2) is 27.0 Å². The third-order valence-electron chi connectivity index (χ3n) is 6.48. The van der Waals surface area contributed by atoms with Gasteiger partial charge in [0.15, 0.2) is 15.1 Å². The van der Waals surface area contributed by atoms with Crippen LogP contribution in [0.2, 0.25) is 0 Å². The number of β-amino-alcohol motifs (C(OH)–C–C–N with tert-alkyl or cyclic N) is 1. The molecule has 2 heterocycles. The first kappa shape index (κ1) is 31.8. The van der Waals surface area contributed by atoms with Gasteiger partial charge in [-0.15, -0.1) is 11.3 Å². The predicted molar refractivity (Wildman–Crippen MR) is 150 cm³/mol. The van der Waals surface area contributed by atoms with Gasteiger partial charge in [0.2, 0.25) is 15.9 Å². The summed E-state index contributed by atoms with van der Waals surface area (Å²) in [7, 11) is -8.74. The average Bonchev–Trinajstić information content (AvgIpc) is 3.51. The molecule has 0 saturated carbocycles. The number of sulfone groups is 1. The molecule has 4 rings (SSSR count). The van der Waals surface area contributed by atoms with Crippen LogP contribution in [0.4, 0.5) is 13.2 Å². The molecule has 0 spiro atoms. The summed E-state index contributed by atoms with van der Waals surface area (Å²) in [6.07, 6.45) is -6.56. The van der Waals surface area contributed by atoms with Crippen LogP contribution in [-0.4, -0.2) is 87.1 Å². The number of alkyl halides is 3. The van der Waals surface area contributed by atoms with Crippen LogP contribution in [0, 0.1) is 0 Å². The minimum Gasteiger partial charge on any atom is -0.391 e. The number of sulfonamides is 1. The molecule has 1 aliphatic rings. The van der Waals surface area contributed by atoms with Crippen molar-refractivity contribution >= 4 is 53.2 Å². The molecular formula is C25H27F3N4O7S3. The SMILES string of the molecule is NS(=O)(=O)CCNC(=O)C(c1nc2ccc(-c3cccc(C(=O)N4CC[C@H](O)C4)c3)cc2s1)S(=O)(=O)CCC(F)(F)F. The molecule has 228 valence electrons. The smallest absolute Gasteiger partial charge is 0.390 e. The van der Waals surface area contributed by atoms with E-state index in [2.05, 4.69) is 10.3 Å². The van der Waals surface area contributed by atoms with Crippen molar-refractivity contribution in [3.63, 3.8) is 0 Å². The second-order valence-electron chi connectivity index (χ2n) is 9.78. The Labute approximate surface area is 243 Å². The first-order valence-electron chi connectivity index (χ1n) is 12.6. The molecule has 2 aromatic carbocycles. The number of thiazole rings is 1. The number of nitrogens with one attached hydrogen (secondary N) is 1. The van der Waals surface area contributed by atoms with Crippen LogP contribution in [0.3, 0.4) is 0 Å². The van der Waals surface area contributed by atoms with E-state index in [-0.39, 0.29) is 23.0 Å². The standard InChI is InChI=1S/C25H27F3N4O7S3/c26-25(27,28)7-10-41(36,37)21(22(34)30-8-11-42(29,38)39)23-31-19-5-4-16(13-20(19)40-23)15-2-1-3-17(12-15)24(35)32-9-6-18(33)14-32/h1-5,12-13,18,21,33H,6-11,14H2,(H,30,34)(H2,29,38,39)/t18-,21?/m0/s1. The second-order valence-corrected chi connectivity index (χ2v) is 14.8. The Morgan fingerprint density at radius 2 is 1.83 bits per heavy atom. The molecule has 42 heavy (non-hydrogen) atoms. The van der Waals surface area contributed by atoms with Crippen LogP contribution in [-0.2, 0) is 24.7 Å². The minimum absolute atomic E-state index is 0.237. The molecule has 2 atom stereocenters. The molecule has 17 heteroatoms. The molecule has 4 N–H and O–H groups in total. The zero-order valence-electron chi connectivity index (χ0n) is 21.9. The van der Waals surface area contributed by atoms with Crippen LogP contribution in [0.25, 0.3) is 21.3 Å². The summed E-state index contributed by atoms with van der Waals surface area (Å²) >= 11 is 0.795. The Kier molecular flexibility index (Phi) is 9.27. The van der Waals surface area contributed by atoms with Crippen molar-refractivity contribution in [3.05, 3.63) is 53.0 Å². The largest absolute Gasteiger partial charge is 0.391 e. The lowest BCUT2D eigenvalue weighted by Gasteiger charge is -2.16. The number of amides is 2. The van der Waals surface area contributed by atoms with Crippen LogP contribution in [0.15, 0.2) is 42.5 Å². The lowest BCUT2D eigenvalue weighted by molar-refractivity contribution is -0.130. The molecule has 1 fully saturated rings. The normalized spacial score (nSPS) is 17.0. The van der Waals surface area contributed by atoms with Crippen molar-refractivity contribution in [1.29, 1.82) is 0 Å². The van der Waals surface area contributed by atoms with Gasteiger partial charge in [-0.2, -0.15) is 13.2 Å². The lowest BCUT2D eigenvalue weighted by atomic mass is 10.0. The summed E-state index contributed by atoms with van der Waals surface area (Å²) in [4.78, 5) is 31.5. The quantitative estimate of drug-likeness (QED) is 0.299. The van der Waals surface area contributed by atoms with E-state index in [9.17, 15) is 44.7 Å². The molecule has 0 aliphatic carbocycles. The first-order valence-corrected chi connectivity index (χ1v) is 16.8. The number of benzene rings is 2. The molecule has 11 nitrogen and oxygen atoms in total. The zero-order valence-corrected chi connectivity index (χ0v) is 24.3. The number of aromatic nitrogens is 1. The maximum absolute atomic E-state index is 13.0. The molecular weight excluding hydrogens is 621 g/mol. The summed E-state index contributed by atoms with van der Waals surface area (Å²) < 4.78 is 87.4. The highest BCUT2D eigenvalue weighted by atomic mass is 32.2. The van der Waals surface area contributed by atoms with Gasteiger partial charge in [0, 0.05) is 25.2 Å². The monoisotopic (exact) mass is 648 g/mol. The summed E-state index contributed by atoms with van der Waals surface area (Å²) in [5.41, 5.74) is 1.96. The number of hydrogen-bond donors (Lipinski definition) is 3. The highest BCUT2D eigenvalue weighted by molar-refractivity contribution is 7.92. The Morgan fingerprint density at radius 1 is 1.12 bits per heavy atom. The van der Waals surface area contributed by atoms with Crippen molar-refractivity contribution in [3.8, 4) is 11.1 Å². The van der Waals surface area contributed by atoms with E-state index in [1.54, 1.807) is 47.4 Å². The summed E-state index contributed by atoms with van der Waals surface area (Å²) in [6.45, 7) is 0.118. The van der Waals surface area contributed by atoms with Crippen LogP contribution >= 0.6 is 11.3 Å². The number of carbonyl (C=O) groups is 2. The minimum atomic E-state index is -4.80. The summed E-state index contributed by atoms with van der Waals surface area (Å²) in [5.74, 6) is -3.55. The summed E-state index contributed by atoms with van der Waals surface area (Å²) in [5, 5.41) is 14.4. The van der Waals surface area contributed by atoms with Crippen molar-refractivity contribution in [1.82, 2.24) is 15.2 Å². The van der Waals surface area contributed by atoms with E-state index in [0.717, 1.165) is 11.3 Å². The number of aliphatic hydroxyl groups is 1. The third kappa shape index (κ3) is 8.03. The fraction of sp³-hybridized carbons (Fsp3) is 0.400. The van der Waals surface area contributed by atoms with E-state index in [0.29, 0.717) is 34.4 Å². The van der Waals surface area contributed by atoms with E-state index < -0.39 is 67.8 Å². The van der Waals surface area contributed by atoms with Crippen molar-refractivity contribution in [2.75, 3.05) is 31.1 Å². The molecule has 1 aliphatic heterocycles. The number of fused-ring (bicyclic) bond motifs is 1. The first-order chi connectivity index (χ1) is 19.5. The molecule has 0 bridgehead atoms. The van der Waals surface area contributed by atoms with Crippen molar-refractivity contribution < 1.29 is 44.7 Å². The molecule has 1 aromatic heterocycles. The van der Waals surface area contributed by atoms with Crippen molar-refractivity contribution in [2.45, 2.75) is 30.4 Å². The number of halogens is 3. The van der Waals surface area contributed by atoms with Gasteiger partial charge in [0.1, 0.15) is 5.01 Å². The number of rotatable bonds is 10. The maximum atomic E-state index is 13.0. The number of primary sulfonamides is 1. The Balaban J connectivity index is 1.65. The average molecular weight is 649 g/mol. The van der Waals surface area contributed by atoms with Gasteiger partial charge in [-0.05, 0) is 41.8 Å². The zero-order chi connectivity index (χ0) is 30.9. The van der Waals surface area contributed by atoms with E-state index in [1.165, 1.54) is 0 Å². The highest BCUT2D eigenvalue weighted by Gasteiger charge is 2.40. The molecule has 1 saturated heterocycles. The van der Waals surface area contributed by atoms with Gasteiger partial charge in [0.25, 0.3) is 5.91 Å². The van der Waals surface area contributed by atoms with Crippen molar-refractivity contribution in [2.24, 2.45) is 5.14 Å². The fourth-order valence-corrected chi connectivity index (χ4v) is 7.87. The number of aliphatic hydroxyl groups excluding tert-OH is 1. The number of hydrogen-bond acceptors (Lipinski definition) is 9. The Hall–Kier alpha value is -3.12. The van der Waals surface area contributed by atoms with Crippen LogP contribution in [0.1, 0.15) is 33.5 Å². The highest BCUT2D eigenvalue weighted by Crippen LogP contribution is 2.35. The van der Waals surface area contributed by atoms with E-state index in [4.69, 9.17) is 5.14 Å². The number of nitrogens with zero attached hydrogens (tertiary/aromatic N) is 2. The molecule has 0 radical (unpaired) electrons. The maximum Gasteiger partial charge on any atom is 0.390 e. The number of likely N-dealkylation sites (tertiary alicyclic amines) is 1. The van der Waals surface area contributed by atoms with Gasteiger partial charge in [0.05, 0.1) is 34.2 Å². The second kappa shape index (κ2) is 12.2. The van der Waals surface area contributed by atoms with E-state index in [1.807, 2.05) is 0 Å². The lowest BCUT2D eigenvalue weighted by Crippen LogP contribution is -2.38. The third-order valence-corrected chi connectivity index (χ3v) is 10.4. The molecule has 3 aromatic rings. The molecule has 1 unspecified atom stereocenters. The topological polar surface area (TPSA) is 177 Å². The van der Waals surface area contributed by atoms with Gasteiger partial charge >= 0.3 is 6.18 Å². The molecule has 2 amide bonds. The fourth-order valence-electron chi connectivity index (χ4n) is 4.39. The van der Waals surface area contributed by atoms with Gasteiger partial charge in [-0.3, -0.25) is 9.59 Å². The van der Waals surface area contributed by atoms with Crippen LogP contribution < -0.4 is 10.5 Å². The Bertz CT molecular complexity index is 1710.